The van der Waals surface area contributed by atoms with E-state index < -0.39 is 11.6 Å². The molecule has 1 aromatic heterocycles. The summed E-state index contributed by atoms with van der Waals surface area (Å²) in [5, 5.41) is 3.12. The van der Waals surface area contributed by atoms with Crippen molar-refractivity contribution in [2.24, 2.45) is 0 Å². The van der Waals surface area contributed by atoms with Gasteiger partial charge in [0.2, 0.25) is 0 Å². The van der Waals surface area contributed by atoms with Crippen LogP contribution in [0.3, 0.4) is 0 Å². The molecule has 23 heavy (non-hydrogen) atoms. The Labute approximate surface area is 132 Å². The number of anilines is 1. The fraction of sp³-hybridized carbons (Fsp3) is 0.176. The van der Waals surface area contributed by atoms with Crippen LogP contribution in [0.4, 0.5) is 14.6 Å². The van der Waals surface area contributed by atoms with E-state index in [2.05, 4.69) is 15.3 Å². The minimum absolute atomic E-state index is 0.296. The van der Waals surface area contributed by atoms with Crippen molar-refractivity contribution in [2.75, 3.05) is 12.4 Å². The molecule has 0 fully saturated rings. The molecule has 118 valence electrons. The zero-order valence-corrected chi connectivity index (χ0v) is 12.7. The normalized spacial score (nSPS) is 10.8. The molecule has 0 spiro atoms. The molecule has 6 heteroatoms. The lowest BCUT2D eigenvalue weighted by Gasteiger charge is -2.11. The molecule has 4 nitrogen and oxygen atoms in total. The fourth-order valence-electron chi connectivity index (χ4n) is 2.32. The SMILES string of the molecule is COc1ccc(C)cc1CNc1cnc2cc(F)c(F)cc2n1. The second-order valence-corrected chi connectivity index (χ2v) is 5.18. The number of aromatic nitrogens is 2. The Morgan fingerprint density at radius 3 is 2.57 bits per heavy atom. The van der Waals surface area contributed by atoms with Gasteiger partial charge in [0, 0.05) is 24.2 Å². The van der Waals surface area contributed by atoms with Crippen molar-refractivity contribution in [1.82, 2.24) is 9.97 Å². The maximum absolute atomic E-state index is 13.3. The average Bonchev–Trinajstić information content (AvgIpc) is 2.54. The molecule has 3 aromatic rings. The predicted molar refractivity (Wildman–Crippen MR) is 84.5 cm³/mol. The van der Waals surface area contributed by atoms with Crippen molar-refractivity contribution in [1.29, 1.82) is 0 Å². The smallest absolute Gasteiger partial charge is 0.161 e. The van der Waals surface area contributed by atoms with Crippen LogP contribution in [0.25, 0.3) is 11.0 Å². The van der Waals surface area contributed by atoms with E-state index in [1.807, 2.05) is 25.1 Å². The molecule has 1 N–H and O–H groups in total. The molecule has 0 bridgehead atoms. The first-order chi connectivity index (χ1) is 11.1. The summed E-state index contributed by atoms with van der Waals surface area (Å²) >= 11 is 0. The Hall–Kier alpha value is -2.76. The van der Waals surface area contributed by atoms with Crippen molar-refractivity contribution >= 4 is 16.9 Å². The number of aryl methyl sites for hydroxylation is 1. The van der Waals surface area contributed by atoms with Gasteiger partial charge in [-0.2, -0.15) is 0 Å². The second-order valence-electron chi connectivity index (χ2n) is 5.18. The molecule has 1 heterocycles. The third-order valence-corrected chi connectivity index (χ3v) is 3.48. The van der Waals surface area contributed by atoms with E-state index in [0.717, 1.165) is 29.0 Å². The molecule has 0 aliphatic carbocycles. The number of hydrogen-bond donors (Lipinski definition) is 1. The minimum Gasteiger partial charge on any atom is -0.496 e. The van der Waals surface area contributed by atoms with E-state index >= 15 is 0 Å². The van der Waals surface area contributed by atoms with Crippen LogP contribution in [0, 0.1) is 18.6 Å². The summed E-state index contributed by atoms with van der Waals surface area (Å²) in [6.45, 7) is 2.48. The maximum atomic E-state index is 13.3. The molecule has 0 saturated heterocycles. The van der Waals surface area contributed by atoms with Gasteiger partial charge in [0.1, 0.15) is 11.6 Å². The van der Waals surface area contributed by atoms with Gasteiger partial charge in [-0.25, -0.2) is 13.8 Å². The quantitative estimate of drug-likeness (QED) is 0.795. The van der Waals surface area contributed by atoms with Crippen molar-refractivity contribution in [3.8, 4) is 5.75 Å². The lowest BCUT2D eigenvalue weighted by Crippen LogP contribution is -2.04. The number of ether oxygens (including phenoxy) is 1. The molecular weight excluding hydrogens is 300 g/mol. The van der Waals surface area contributed by atoms with Crippen LogP contribution in [-0.2, 0) is 6.54 Å². The van der Waals surface area contributed by atoms with Crippen LogP contribution >= 0.6 is 0 Å². The molecule has 2 aromatic carbocycles. The van der Waals surface area contributed by atoms with E-state index in [0.29, 0.717) is 23.4 Å². The van der Waals surface area contributed by atoms with Gasteiger partial charge in [0.15, 0.2) is 11.6 Å². The van der Waals surface area contributed by atoms with Gasteiger partial charge in [-0.05, 0) is 13.0 Å². The second kappa shape index (κ2) is 6.16. The third-order valence-electron chi connectivity index (χ3n) is 3.48. The number of nitrogens with one attached hydrogen (secondary N) is 1. The highest BCUT2D eigenvalue weighted by Gasteiger charge is 2.08. The highest BCUT2D eigenvalue weighted by atomic mass is 19.2. The highest BCUT2D eigenvalue weighted by molar-refractivity contribution is 5.75. The van der Waals surface area contributed by atoms with Crippen molar-refractivity contribution < 1.29 is 13.5 Å². The van der Waals surface area contributed by atoms with Gasteiger partial charge in [0.25, 0.3) is 0 Å². The Morgan fingerprint density at radius 1 is 1.09 bits per heavy atom. The fourth-order valence-corrected chi connectivity index (χ4v) is 2.32. The topological polar surface area (TPSA) is 47.0 Å². The molecule has 3 rings (SSSR count). The van der Waals surface area contributed by atoms with E-state index in [9.17, 15) is 8.78 Å². The van der Waals surface area contributed by atoms with E-state index in [1.165, 1.54) is 6.20 Å². The van der Waals surface area contributed by atoms with E-state index in [4.69, 9.17) is 4.74 Å². The molecule has 0 aliphatic rings. The average molecular weight is 315 g/mol. The van der Waals surface area contributed by atoms with Gasteiger partial charge in [0.05, 0.1) is 24.3 Å². The summed E-state index contributed by atoms with van der Waals surface area (Å²) in [5.41, 5.74) is 2.69. The Bertz CT molecular complexity index is 868. The van der Waals surface area contributed by atoms with Crippen LogP contribution in [-0.4, -0.2) is 17.1 Å². The van der Waals surface area contributed by atoms with Crippen LogP contribution < -0.4 is 10.1 Å². The van der Waals surface area contributed by atoms with Crippen molar-refractivity contribution in [2.45, 2.75) is 13.5 Å². The van der Waals surface area contributed by atoms with Gasteiger partial charge in [-0.15, -0.1) is 0 Å². The number of methoxy groups -OCH3 is 1. The molecule has 0 unspecified atom stereocenters. The van der Waals surface area contributed by atoms with E-state index in [-0.39, 0.29) is 0 Å². The standard InChI is InChI=1S/C17H15F2N3O/c1-10-3-4-16(23-2)11(5-10)8-21-17-9-20-14-6-12(18)13(19)7-15(14)22-17/h3-7,9H,8H2,1-2H3,(H,21,22). The maximum Gasteiger partial charge on any atom is 0.161 e. The van der Waals surface area contributed by atoms with Gasteiger partial charge >= 0.3 is 0 Å². The van der Waals surface area contributed by atoms with Gasteiger partial charge in [-0.1, -0.05) is 17.7 Å². The summed E-state index contributed by atoms with van der Waals surface area (Å²) in [6.07, 6.45) is 1.49. The zero-order valence-electron chi connectivity index (χ0n) is 12.7. The monoisotopic (exact) mass is 315 g/mol. The first-order valence-corrected chi connectivity index (χ1v) is 7.06. The first kappa shape index (κ1) is 15.1. The molecule has 0 atom stereocenters. The summed E-state index contributed by atoms with van der Waals surface area (Å²) in [5.74, 6) is -0.627. The summed E-state index contributed by atoms with van der Waals surface area (Å²) in [7, 11) is 1.61. The first-order valence-electron chi connectivity index (χ1n) is 7.06. The molecule has 0 aliphatic heterocycles. The van der Waals surface area contributed by atoms with Gasteiger partial charge < -0.3 is 10.1 Å². The number of hydrogen-bond acceptors (Lipinski definition) is 4. The lowest BCUT2D eigenvalue weighted by atomic mass is 10.1. The number of halogens is 2. The van der Waals surface area contributed by atoms with Gasteiger partial charge in [-0.3, -0.25) is 4.98 Å². The number of nitrogens with zero attached hydrogens (tertiary/aromatic N) is 2. The highest BCUT2D eigenvalue weighted by Crippen LogP contribution is 2.21. The largest absolute Gasteiger partial charge is 0.496 e. The Kier molecular flexibility index (Phi) is 4.06. The van der Waals surface area contributed by atoms with E-state index in [1.54, 1.807) is 7.11 Å². The Balaban J connectivity index is 1.85. The lowest BCUT2D eigenvalue weighted by molar-refractivity contribution is 0.410. The zero-order chi connectivity index (χ0) is 16.4. The van der Waals surface area contributed by atoms with Crippen LogP contribution in [0.15, 0.2) is 36.5 Å². The van der Waals surface area contributed by atoms with Crippen LogP contribution in [0.1, 0.15) is 11.1 Å². The van der Waals surface area contributed by atoms with Crippen molar-refractivity contribution in [3.63, 3.8) is 0 Å². The third kappa shape index (κ3) is 3.21. The summed E-state index contributed by atoms with van der Waals surface area (Å²) in [4.78, 5) is 8.34. The van der Waals surface area contributed by atoms with Crippen LogP contribution in [0.2, 0.25) is 0 Å². The summed E-state index contributed by atoms with van der Waals surface area (Å²) in [6, 6.07) is 7.95. The number of benzene rings is 2. The summed E-state index contributed by atoms with van der Waals surface area (Å²) < 4.78 is 31.8. The Morgan fingerprint density at radius 2 is 1.83 bits per heavy atom. The minimum atomic E-state index is -0.940. The predicted octanol–water partition coefficient (Wildman–Crippen LogP) is 3.84. The molecule has 0 saturated carbocycles. The molecule has 0 radical (unpaired) electrons. The number of fused-ring (bicyclic) bond motifs is 1. The number of rotatable bonds is 4. The van der Waals surface area contributed by atoms with Crippen molar-refractivity contribution in [3.05, 3.63) is 59.3 Å². The molecule has 0 amide bonds. The van der Waals surface area contributed by atoms with Crippen LogP contribution in [0.5, 0.6) is 5.75 Å². The molecular formula is C17H15F2N3O.